The van der Waals surface area contributed by atoms with E-state index in [1.165, 1.54) is 12.8 Å². The predicted molar refractivity (Wildman–Crippen MR) is 75.5 cm³/mol. The lowest BCUT2D eigenvalue weighted by Gasteiger charge is -2.31. The second-order valence-electron chi connectivity index (χ2n) is 4.72. The van der Waals surface area contributed by atoms with Crippen LogP contribution < -0.4 is 5.73 Å². The van der Waals surface area contributed by atoms with Crippen molar-refractivity contribution in [2.24, 2.45) is 11.7 Å². The molecule has 2 N–H and O–H groups in total. The first-order valence-electron chi connectivity index (χ1n) is 6.24. The fraction of sp³-hybridized carbons (Fsp3) is 0.500. The van der Waals surface area contributed by atoms with E-state index in [0.717, 1.165) is 37.3 Å². The van der Waals surface area contributed by atoms with Gasteiger partial charge in [0.05, 0.1) is 11.6 Å². The summed E-state index contributed by atoms with van der Waals surface area (Å²) in [6, 6.07) is 10.1. The van der Waals surface area contributed by atoms with Crippen LogP contribution in [0.2, 0.25) is 0 Å². The number of benzene rings is 1. The van der Waals surface area contributed by atoms with Crippen LogP contribution in [-0.4, -0.2) is 24.5 Å². The zero-order valence-electron chi connectivity index (χ0n) is 10.5. The number of halogens is 1. The molecule has 0 atom stereocenters. The fourth-order valence-electron chi connectivity index (χ4n) is 2.39. The minimum absolute atomic E-state index is 0. The number of nitrogens with two attached hydrogens (primary N) is 1. The van der Waals surface area contributed by atoms with Gasteiger partial charge in [0, 0.05) is 6.54 Å². The molecule has 0 saturated carbocycles. The monoisotopic (exact) mass is 265 g/mol. The van der Waals surface area contributed by atoms with Crippen LogP contribution in [0.25, 0.3) is 0 Å². The zero-order chi connectivity index (χ0) is 12.1. The molecule has 0 aromatic heterocycles. The Labute approximate surface area is 115 Å². The Hall–Kier alpha value is -1.08. The smallest absolute Gasteiger partial charge is 0.0995 e. The Morgan fingerprint density at radius 2 is 1.94 bits per heavy atom. The SMILES string of the molecule is Cl.N#Cc1ccccc1CN1CCC(CN)CC1. The summed E-state index contributed by atoms with van der Waals surface area (Å²) in [6.07, 6.45) is 2.37. The number of hydrogen-bond acceptors (Lipinski definition) is 3. The van der Waals surface area contributed by atoms with Gasteiger partial charge in [-0.25, -0.2) is 0 Å². The average molecular weight is 266 g/mol. The maximum absolute atomic E-state index is 9.04. The molecule has 0 radical (unpaired) electrons. The molecule has 98 valence electrons. The number of rotatable bonds is 3. The van der Waals surface area contributed by atoms with Gasteiger partial charge >= 0.3 is 0 Å². The van der Waals surface area contributed by atoms with E-state index in [0.29, 0.717) is 5.92 Å². The summed E-state index contributed by atoms with van der Waals surface area (Å²) < 4.78 is 0. The van der Waals surface area contributed by atoms with Crippen molar-refractivity contribution in [1.29, 1.82) is 5.26 Å². The van der Waals surface area contributed by atoms with Gasteiger partial charge in [-0.1, -0.05) is 18.2 Å². The molecule has 1 fully saturated rings. The Morgan fingerprint density at radius 1 is 1.28 bits per heavy atom. The van der Waals surface area contributed by atoms with Gasteiger partial charge in [0.1, 0.15) is 0 Å². The Kier molecular flexibility index (Phi) is 6.14. The number of hydrogen-bond donors (Lipinski definition) is 1. The van der Waals surface area contributed by atoms with E-state index in [1.807, 2.05) is 24.3 Å². The van der Waals surface area contributed by atoms with Crippen LogP contribution in [0.4, 0.5) is 0 Å². The summed E-state index contributed by atoms with van der Waals surface area (Å²) >= 11 is 0. The van der Waals surface area contributed by atoms with E-state index in [2.05, 4.69) is 11.0 Å². The van der Waals surface area contributed by atoms with Gasteiger partial charge in [-0.3, -0.25) is 4.90 Å². The second kappa shape index (κ2) is 7.38. The van der Waals surface area contributed by atoms with Gasteiger partial charge in [-0.05, 0) is 50.0 Å². The van der Waals surface area contributed by atoms with E-state index in [-0.39, 0.29) is 12.4 Å². The highest BCUT2D eigenvalue weighted by molar-refractivity contribution is 5.85. The molecule has 1 saturated heterocycles. The highest BCUT2D eigenvalue weighted by atomic mass is 35.5. The average Bonchev–Trinajstić information content (AvgIpc) is 2.40. The number of nitrogens with zero attached hydrogens (tertiary/aromatic N) is 2. The minimum Gasteiger partial charge on any atom is -0.330 e. The summed E-state index contributed by atoms with van der Waals surface area (Å²) in [4.78, 5) is 2.42. The van der Waals surface area contributed by atoms with Gasteiger partial charge in [-0.15, -0.1) is 12.4 Å². The molecule has 0 aliphatic carbocycles. The van der Waals surface area contributed by atoms with Crippen LogP contribution in [0.15, 0.2) is 24.3 Å². The first-order chi connectivity index (χ1) is 8.33. The molecule has 1 aromatic carbocycles. The first-order valence-corrected chi connectivity index (χ1v) is 6.24. The van der Waals surface area contributed by atoms with Crippen molar-refractivity contribution < 1.29 is 0 Å². The second-order valence-corrected chi connectivity index (χ2v) is 4.72. The lowest BCUT2D eigenvalue weighted by molar-refractivity contribution is 0.180. The van der Waals surface area contributed by atoms with E-state index in [4.69, 9.17) is 11.0 Å². The molecule has 1 aliphatic heterocycles. The number of likely N-dealkylation sites (tertiary alicyclic amines) is 1. The molecule has 18 heavy (non-hydrogen) atoms. The zero-order valence-corrected chi connectivity index (χ0v) is 11.3. The van der Waals surface area contributed by atoms with Crippen LogP contribution in [0.5, 0.6) is 0 Å². The third kappa shape index (κ3) is 3.71. The first kappa shape index (κ1) is 15.0. The van der Waals surface area contributed by atoms with Crippen molar-refractivity contribution in [3.8, 4) is 6.07 Å². The van der Waals surface area contributed by atoms with E-state index < -0.39 is 0 Å². The molecule has 1 aliphatic rings. The van der Waals surface area contributed by atoms with Crippen molar-refractivity contribution in [3.63, 3.8) is 0 Å². The molecular weight excluding hydrogens is 246 g/mol. The molecule has 1 heterocycles. The molecule has 3 nitrogen and oxygen atoms in total. The molecule has 0 spiro atoms. The molecule has 4 heteroatoms. The van der Waals surface area contributed by atoms with E-state index in [9.17, 15) is 0 Å². The lowest BCUT2D eigenvalue weighted by atomic mass is 9.96. The summed E-state index contributed by atoms with van der Waals surface area (Å²) in [5.74, 6) is 0.692. The van der Waals surface area contributed by atoms with Crippen molar-refractivity contribution in [3.05, 3.63) is 35.4 Å². The summed E-state index contributed by atoms with van der Waals surface area (Å²) in [6.45, 7) is 3.90. The molecular formula is C14H20ClN3. The molecule has 1 aromatic rings. The molecule has 0 unspecified atom stereocenters. The molecule has 2 rings (SSSR count). The van der Waals surface area contributed by atoms with Gasteiger partial charge < -0.3 is 5.73 Å². The Balaban J connectivity index is 0.00000162. The third-order valence-corrected chi connectivity index (χ3v) is 3.57. The number of piperidine rings is 1. The van der Waals surface area contributed by atoms with E-state index in [1.54, 1.807) is 0 Å². The quantitative estimate of drug-likeness (QED) is 0.911. The Bertz CT molecular complexity index is 406. The van der Waals surface area contributed by atoms with Gasteiger partial charge in [0.25, 0.3) is 0 Å². The topological polar surface area (TPSA) is 53.0 Å². The van der Waals surface area contributed by atoms with Crippen molar-refractivity contribution in [2.45, 2.75) is 19.4 Å². The van der Waals surface area contributed by atoms with Crippen molar-refractivity contribution >= 4 is 12.4 Å². The summed E-state index contributed by atoms with van der Waals surface area (Å²) in [5.41, 5.74) is 7.62. The molecule has 0 amide bonds. The predicted octanol–water partition coefficient (Wildman–Crippen LogP) is 2.15. The minimum atomic E-state index is 0. The summed E-state index contributed by atoms with van der Waals surface area (Å²) in [7, 11) is 0. The van der Waals surface area contributed by atoms with Gasteiger partial charge in [-0.2, -0.15) is 5.26 Å². The van der Waals surface area contributed by atoms with Crippen LogP contribution in [0.1, 0.15) is 24.0 Å². The van der Waals surface area contributed by atoms with Crippen LogP contribution in [-0.2, 0) is 6.54 Å². The van der Waals surface area contributed by atoms with Crippen LogP contribution in [0.3, 0.4) is 0 Å². The van der Waals surface area contributed by atoms with E-state index >= 15 is 0 Å². The van der Waals surface area contributed by atoms with Gasteiger partial charge in [0.2, 0.25) is 0 Å². The third-order valence-electron chi connectivity index (χ3n) is 3.57. The lowest BCUT2D eigenvalue weighted by Crippen LogP contribution is -2.35. The van der Waals surface area contributed by atoms with Gasteiger partial charge in [0.15, 0.2) is 0 Å². The largest absolute Gasteiger partial charge is 0.330 e. The van der Waals surface area contributed by atoms with Crippen molar-refractivity contribution in [1.82, 2.24) is 4.90 Å². The highest BCUT2D eigenvalue weighted by Gasteiger charge is 2.18. The maximum atomic E-state index is 9.04. The highest BCUT2D eigenvalue weighted by Crippen LogP contribution is 2.19. The number of nitriles is 1. The maximum Gasteiger partial charge on any atom is 0.0995 e. The van der Waals surface area contributed by atoms with Crippen LogP contribution >= 0.6 is 12.4 Å². The summed E-state index contributed by atoms with van der Waals surface area (Å²) in [5, 5.41) is 9.04. The standard InChI is InChI=1S/C14H19N3.ClH/c15-9-12-5-7-17(8-6-12)11-14-4-2-1-3-13(14)10-16;/h1-4,12H,5-9,11,15H2;1H. The normalized spacial score (nSPS) is 16.9. The fourth-order valence-corrected chi connectivity index (χ4v) is 2.39. The van der Waals surface area contributed by atoms with Crippen molar-refractivity contribution in [2.75, 3.05) is 19.6 Å². The molecule has 0 bridgehead atoms. The van der Waals surface area contributed by atoms with Crippen LogP contribution in [0, 0.1) is 17.2 Å². The Morgan fingerprint density at radius 3 is 2.56 bits per heavy atom.